The van der Waals surface area contributed by atoms with Gasteiger partial charge in [-0.2, -0.15) is 5.10 Å². The lowest BCUT2D eigenvalue weighted by molar-refractivity contribution is 0.0116. The fourth-order valence-electron chi connectivity index (χ4n) is 3.54. The molecule has 0 unspecified atom stereocenters. The highest BCUT2D eigenvalue weighted by atomic mass is 19.1. The molecule has 3 aromatic rings. The van der Waals surface area contributed by atoms with E-state index in [1.807, 2.05) is 18.7 Å². The predicted octanol–water partition coefficient (Wildman–Crippen LogP) is 2.81. The highest BCUT2D eigenvalue weighted by Gasteiger charge is 2.34. The van der Waals surface area contributed by atoms with Crippen molar-refractivity contribution in [1.29, 1.82) is 0 Å². The zero-order valence-electron chi connectivity index (χ0n) is 15.4. The molecule has 1 N–H and O–H groups in total. The summed E-state index contributed by atoms with van der Waals surface area (Å²) < 4.78 is 15.0. The highest BCUT2D eigenvalue weighted by molar-refractivity contribution is 5.62. The molecule has 0 saturated carbocycles. The van der Waals surface area contributed by atoms with E-state index in [9.17, 15) is 9.50 Å². The molecule has 0 amide bonds. The van der Waals surface area contributed by atoms with Crippen molar-refractivity contribution in [3.8, 4) is 11.3 Å². The third-order valence-electron chi connectivity index (χ3n) is 5.43. The molecule has 0 radical (unpaired) electrons. The molecule has 1 fully saturated rings. The van der Waals surface area contributed by atoms with E-state index in [1.165, 1.54) is 12.1 Å². The maximum atomic E-state index is 13.2. The van der Waals surface area contributed by atoms with Crippen LogP contribution in [0, 0.1) is 12.7 Å². The lowest BCUT2D eigenvalue weighted by atomic mass is 9.84. The van der Waals surface area contributed by atoms with Gasteiger partial charge in [0, 0.05) is 31.4 Å². The third-order valence-corrected chi connectivity index (χ3v) is 5.43. The molecular formula is C20H22FN5O. The number of hydrogen-bond donors (Lipinski definition) is 1. The number of piperidine rings is 1. The van der Waals surface area contributed by atoms with Gasteiger partial charge in [0.2, 0.25) is 0 Å². The van der Waals surface area contributed by atoms with E-state index in [0.29, 0.717) is 25.9 Å². The van der Waals surface area contributed by atoms with Gasteiger partial charge in [-0.1, -0.05) is 12.1 Å². The minimum Gasteiger partial charge on any atom is -0.385 e. The van der Waals surface area contributed by atoms with Crippen LogP contribution in [-0.4, -0.2) is 37.9 Å². The van der Waals surface area contributed by atoms with Gasteiger partial charge in [-0.15, -0.1) is 0 Å². The fraction of sp³-hybridized carbons (Fsp3) is 0.350. The number of aryl methyl sites for hydroxylation is 1. The van der Waals surface area contributed by atoms with Gasteiger partial charge in [-0.3, -0.25) is 9.67 Å². The second-order valence-electron chi connectivity index (χ2n) is 7.06. The van der Waals surface area contributed by atoms with Crippen LogP contribution < -0.4 is 4.90 Å². The van der Waals surface area contributed by atoms with Crippen molar-refractivity contribution in [3.63, 3.8) is 0 Å². The van der Waals surface area contributed by atoms with Crippen molar-refractivity contribution in [3.05, 3.63) is 59.9 Å². The Balaban J connectivity index is 1.52. The number of rotatable bonds is 3. The van der Waals surface area contributed by atoms with E-state index < -0.39 is 5.60 Å². The van der Waals surface area contributed by atoms with Crippen molar-refractivity contribution in [2.45, 2.75) is 25.4 Å². The average Bonchev–Trinajstić information content (AvgIpc) is 3.02. The summed E-state index contributed by atoms with van der Waals surface area (Å²) in [5.74, 6) is 0.495. The molecular weight excluding hydrogens is 345 g/mol. The lowest BCUT2D eigenvalue weighted by Gasteiger charge is -2.39. The Labute approximate surface area is 157 Å². The molecule has 1 saturated heterocycles. The molecule has 0 atom stereocenters. The molecule has 6 nitrogen and oxygen atoms in total. The zero-order valence-corrected chi connectivity index (χ0v) is 15.4. The Hall–Kier alpha value is -2.80. The maximum Gasteiger partial charge on any atom is 0.147 e. The van der Waals surface area contributed by atoms with Gasteiger partial charge in [0.05, 0.1) is 29.9 Å². The Morgan fingerprint density at radius 2 is 1.78 bits per heavy atom. The molecule has 7 heteroatoms. The zero-order chi connectivity index (χ0) is 19.0. The largest absolute Gasteiger partial charge is 0.385 e. The van der Waals surface area contributed by atoms with E-state index in [4.69, 9.17) is 4.98 Å². The first-order valence-electron chi connectivity index (χ1n) is 9.01. The molecule has 27 heavy (non-hydrogen) atoms. The summed E-state index contributed by atoms with van der Waals surface area (Å²) in [5.41, 5.74) is 2.61. The second kappa shape index (κ2) is 6.74. The molecule has 1 aliphatic heterocycles. The van der Waals surface area contributed by atoms with E-state index in [1.54, 1.807) is 30.7 Å². The van der Waals surface area contributed by atoms with Gasteiger partial charge in [0.25, 0.3) is 0 Å². The van der Waals surface area contributed by atoms with Crippen LogP contribution in [0.2, 0.25) is 0 Å². The molecule has 0 spiro atoms. The van der Waals surface area contributed by atoms with Gasteiger partial charge in [0.1, 0.15) is 11.6 Å². The quantitative estimate of drug-likeness (QED) is 0.771. The number of benzene rings is 1. The standard InChI is InChI=1S/C20H22FN5O/c1-14-17(11-23-25(14)2)18-12-22-13-19(24-18)26-9-7-20(27,8-10-26)15-3-5-16(21)6-4-15/h3-6,11-13,27H,7-10H2,1-2H3. The normalized spacial score (nSPS) is 16.5. The van der Waals surface area contributed by atoms with Gasteiger partial charge < -0.3 is 10.0 Å². The van der Waals surface area contributed by atoms with Gasteiger partial charge in [-0.05, 0) is 37.5 Å². The number of halogens is 1. The predicted molar refractivity (Wildman–Crippen MR) is 101 cm³/mol. The van der Waals surface area contributed by atoms with Crippen molar-refractivity contribution in [2.24, 2.45) is 7.05 Å². The minimum atomic E-state index is -0.935. The van der Waals surface area contributed by atoms with Crippen LogP contribution in [0.3, 0.4) is 0 Å². The first-order chi connectivity index (χ1) is 13.0. The first kappa shape index (κ1) is 17.6. The summed E-state index contributed by atoms with van der Waals surface area (Å²) in [6.45, 7) is 3.30. The summed E-state index contributed by atoms with van der Waals surface area (Å²) in [4.78, 5) is 11.2. The van der Waals surface area contributed by atoms with Crippen LogP contribution >= 0.6 is 0 Å². The molecule has 0 bridgehead atoms. The van der Waals surface area contributed by atoms with Crippen molar-refractivity contribution >= 4 is 5.82 Å². The number of aromatic nitrogens is 4. The summed E-state index contributed by atoms with van der Waals surface area (Å²) in [5, 5.41) is 15.2. The second-order valence-corrected chi connectivity index (χ2v) is 7.06. The number of nitrogens with zero attached hydrogens (tertiary/aromatic N) is 5. The van der Waals surface area contributed by atoms with Crippen LogP contribution in [0.4, 0.5) is 10.2 Å². The lowest BCUT2D eigenvalue weighted by Crippen LogP contribution is -2.43. The summed E-state index contributed by atoms with van der Waals surface area (Å²) >= 11 is 0. The smallest absolute Gasteiger partial charge is 0.147 e. The number of hydrogen-bond acceptors (Lipinski definition) is 5. The van der Waals surface area contributed by atoms with Crippen molar-refractivity contribution in [1.82, 2.24) is 19.7 Å². The highest BCUT2D eigenvalue weighted by Crippen LogP contribution is 2.34. The number of anilines is 1. The molecule has 4 rings (SSSR count). The van der Waals surface area contributed by atoms with Crippen LogP contribution in [-0.2, 0) is 12.6 Å². The van der Waals surface area contributed by atoms with E-state index >= 15 is 0 Å². The average molecular weight is 367 g/mol. The minimum absolute atomic E-state index is 0.294. The first-order valence-corrected chi connectivity index (χ1v) is 9.01. The molecule has 1 aliphatic rings. The Morgan fingerprint density at radius 1 is 1.07 bits per heavy atom. The van der Waals surface area contributed by atoms with E-state index in [2.05, 4.69) is 15.0 Å². The van der Waals surface area contributed by atoms with Gasteiger partial charge >= 0.3 is 0 Å². The molecule has 0 aliphatic carbocycles. The van der Waals surface area contributed by atoms with E-state index in [0.717, 1.165) is 28.3 Å². The Morgan fingerprint density at radius 3 is 2.41 bits per heavy atom. The maximum absolute atomic E-state index is 13.2. The summed E-state index contributed by atoms with van der Waals surface area (Å²) in [7, 11) is 1.90. The van der Waals surface area contributed by atoms with Gasteiger partial charge in [-0.25, -0.2) is 9.37 Å². The molecule has 140 valence electrons. The summed E-state index contributed by atoms with van der Waals surface area (Å²) in [6, 6.07) is 6.11. The topological polar surface area (TPSA) is 67.1 Å². The molecule has 2 aromatic heterocycles. The molecule has 3 heterocycles. The van der Waals surface area contributed by atoms with Crippen LogP contribution in [0.1, 0.15) is 24.1 Å². The monoisotopic (exact) mass is 367 g/mol. The Bertz CT molecular complexity index is 945. The van der Waals surface area contributed by atoms with Crippen molar-refractivity contribution in [2.75, 3.05) is 18.0 Å². The summed E-state index contributed by atoms with van der Waals surface area (Å²) in [6.07, 6.45) is 6.39. The van der Waals surface area contributed by atoms with E-state index in [-0.39, 0.29) is 5.82 Å². The SMILES string of the molecule is Cc1c(-c2cncc(N3CCC(O)(c4ccc(F)cc4)CC3)n2)cnn1C. The Kier molecular flexibility index (Phi) is 4.39. The third kappa shape index (κ3) is 3.30. The van der Waals surface area contributed by atoms with Crippen LogP contribution in [0.5, 0.6) is 0 Å². The molecule has 1 aromatic carbocycles. The van der Waals surface area contributed by atoms with Crippen molar-refractivity contribution < 1.29 is 9.50 Å². The number of aliphatic hydroxyl groups is 1. The van der Waals surface area contributed by atoms with Crippen LogP contribution in [0.15, 0.2) is 42.9 Å². The van der Waals surface area contributed by atoms with Gasteiger partial charge in [0.15, 0.2) is 0 Å². The fourth-order valence-corrected chi connectivity index (χ4v) is 3.54. The van der Waals surface area contributed by atoms with Crippen LogP contribution in [0.25, 0.3) is 11.3 Å².